The molecule has 0 saturated carbocycles. The first kappa shape index (κ1) is 20.0. The predicted octanol–water partition coefficient (Wildman–Crippen LogP) is 4.95. The van der Waals surface area contributed by atoms with Crippen LogP contribution in [-0.2, 0) is 0 Å². The highest BCUT2D eigenvalue weighted by Crippen LogP contribution is 2.42. The molecule has 2 aromatic carbocycles. The van der Waals surface area contributed by atoms with Gasteiger partial charge in [0.15, 0.2) is 5.78 Å². The molecule has 2 aromatic rings. The Kier molecular flexibility index (Phi) is 5.21. The van der Waals surface area contributed by atoms with Gasteiger partial charge in [-0.1, -0.05) is 23.2 Å². The molecule has 1 amide bonds. The molecule has 7 heteroatoms. The SMILES string of the molecule is COc1ccc(Cl)cc1C(=O)N1CCC2(CC1)CC(=O)c1cc(Cl)cc(C)c1O2. The van der Waals surface area contributed by atoms with Crippen molar-refractivity contribution in [3.63, 3.8) is 0 Å². The highest BCUT2D eigenvalue weighted by Gasteiger charge is 2.44. The number of likely N-dealkylation sites (tertiary alicyclic amines) is 1. The Morgan fingerprint density at radius 2 is 1.86 bits per heavy atom. The summed E-state index contributed by atoms with van der Waals surface area (Å²) in [6, 6.07) is 8.47. The van der Waals surface area contributed by atoms with E-state index >= 15 is 0 Å². The van der Waals surface area contributed by atoms with Crippen molar-refractivity contribution in [2.75, 3.05) is 20.2 Å². The molecule has 152 valence electrons. The number of Topliss-reactive ketones (excluding diaryl/α,β-unsaturated/α-hetero) is 1. The molecule has 29 heavy (non-hydrogen) atoms. The van der Waals surface area contributed by atoms with Crippen molar-refractivity contribution >= 4 is 34.9 Å². The lowest BCUT2D eigenvalue weighted by Gasteiger charge is -2.44. The number of nitrogens with zero attached hydrogens (tertiary/aromatic N) is 1. The van der Waals surface area contributed by atoms with Gasteiger partial charge in [-0.2, -0.15) is 0 Å². The van der Waals surface area contributed by atoms with E-state index < -0.39 is 5.60 Å². The van der Waals surface area contributed by atoms with Crippen LogP contribution in [0.3, 0.4) is 0 Å². The van der Waals surface area contributed by atoms with Gasteiger partial charge in [-0.05, 0) is 42.8 Å². The molecular weight excluding hydrogens is 413 g/mol. The van der Waals surface area contributed by atoms with Crippen LogP contribution in [0, 0.1) is 6.92 Å². The summed E-state index contributed by atoms with van der Waals surface area (Å²) in [4.78, 5) is 27.6. The molecule has 1 spiro atoms. The highest BCUT2D eigenvalue weighted by atomic mass is 35.5. The van der Waals surface area contributed by atoms with Gasteiger partial charge in [0.25, 0.3) is 5.91 Å². The number of hydrogen-bond acceptors (Lipinski definition) is 4. The number of ketones is 1. The van der Waals surface area contributed by atoms with Crippen molar-refractivity contribution in [3.8, 4) is 11.5 Å². The highest BCUT2D eigenvalue weighted by molar-refractivity contribution is 6.31. The Balaban J connectivity index is 1.53. The molecule has 0 aliphatic carbocycles. The van der Waals surface area contributed by atoms with E-state index in [2.05, 4.69) is 0 Å². The van der Waals surface area contributed by atoms with E-state index in [-0.39, 0.29) is 11.7 Å². The number of ether oxygens (including phenoxy) is 2. The number of halogens is 2. The fraction of sp³-hybridized carbons (Fsp3) is 0.364. The summed E-state index contributed by atoms with van der Waals surface area (Å²) < 4.78 is 11.7. The van der Waals surface area contributed by atoms with E-state index in [1.807, 2.05) is 6.92 Å². The maximum Gasteiger partial charge on any atom is 0.257 e. The monoisotopic (exact) mass is 433 g/mol. The van der Waals surface area contributed by atoms with Crippen LogP contribution in [0.15, 0.2) is 30.3 Å². The minimum atomic E-state index is -0.585. The summed E-state index contributed by atoms with van der Waals surface area (Å²) in [6.07, 6.45) is 1.45. The lowest BCUT2D eigenvalue weighted by atomic mass is 9.82. The smallest absolute Gasteiger partial charge is 0.257 e. The normalized spacial score (nSPS) is 17.7. The average Bonchev–Trinajstić information content (AvgIpc) is 2.69. The predicted molar refractivity (Wildman–Crippen MR) is 112 cm³/mol. The number of carbonyl (C=O) groups excluding carboxylic acids is 2. The van der Waals surface area contributed by atoms with Crippen LogP contribution in [-0.4, -0.2) is 42.4 Å². The Morgan fingerprint density at radius 1 is 1.14 bits per heavy atom. The molecule has 1 saturated heterocycles. The van der Waals surface area contributed by atoms with Gasteiger partial charge in [-0.3, -0.25) is 9.59 Å². The van der Waals surface area contributed by atoms with Gasteiger partial charge in [-0.25, -0.2) is 0 Å². The lowest BCUT2D eigenvalue weighted by molar-refractivity contribution is -0.00622. The largest absolute Gasteiger partial charge is 0.496 e. The number of rotatable bonds is 2. The van der Waals surface area contributed by atoms with Gasteiger partial charge in [0.1, 0.15) is 17.1 Å². The van der Waals surface area contributed by atoms with E-state index in [9.17, 15) is 9.59 Å². The second-order valence-corrected chi connectivity index (χ2v) is 8.49. The zero-order chi connectivity index (χ0) is 20.8. The maximum absolute atomic E-state index is 13.0. The minimum absolute atomic E-state index is 0.0353. The quantitative estimate of drug-likeness (QED) is 0.671. The summed E-state index contributed by atoms with van der Waals surface area (Å²) in [7, 11) is 1.53. The van der Waals surface area contributed by atoms with Crippen molar-refractivity contribution in [1.29, 1.82) is 0 Å². The molecule has 0 N–H and O–H groups in total. The summed E-state index contributed by atoms with van der Waals surface area (Å²) >= 11 is 12.2. The summed E-state index contributed by atoms with van der Waals surface area (Å²) in [6.45, 7) is 2.87. The van der Waals surface area contributed by atoms with Crippen LogP contribution >= 0.6 is 23.2 Å². The van der Waals surface area contributed by atoms with E-state index in [0.29, 0.717) is 65.0 Å². The lowest BCUT2D eigenvalue weighted by Crippen LogP contribution is -2.52. The van der Waals surface area contributed by atoms with E-state index in [1.165, 1.54) is 7.11 Å². The van der Waals surface area contributed by atoms with Gasteiger partial charge in [-0.15, -0.1) is 0 Å². The molecule has 0 aromatic heterocycles. The number of hydrogen-bond donors (Lipinski definition) is 0. The Hall–Kier alpha value is -2.24. The molecule has 0 unspecified atom stereocenters. The number of amides is 1. The molecule has 4 rings (SSSR count). The molecule has 0 bridgehead atoms. The molecule has 2 heterocycles. The Labute approximate surface area is 179 Å². The van der Waals surface area contributed by atoms with Gasteiger partial charge in [0, 0.05) is 36.0 Å². The third kappa shape index (κ3) is 3.69. The van der Waals surface area contributed by atoms with E-state index in [0.717, 1.165) is 5.56 Å². The Bertz CT molecular complexity index is 997. The number of benzene rings is 2. The maximum atomic E-state index is 13.0. The molecule has 0 atom stereocenters. The van der Waals surface area contributed by atoms with Crippen LogP contribution < -0.4 is 9.47 Å². The summed E-state index contributed by atoms with van der Waals surface area (Å²) in [5.41, 5.74) is 1.25. The minimum Gasteiger partial charge on any atom is -0.496 e. The molecule has 2 aliphatic rings. The van der Waals surface area contributed by atoms with Crippen LogP contribution in [0.25, 0.3) is 0 Å². The van der Waals surface area contributed by atoms with Crippen LogP contribution in [0.1, 0.15) is 45.5 Å². The molecule has 2 aliphatic heterocycles. The first-order chi connectivity index (χ1) is 13.8. The van der Waals surface area contributed by atoms with Crippen molar-refractivity contribution in [1.82, 2.24) is 4.90 Å². The summed E-state index contributed by atoms with van der Waals surface area (Å²) in [5.74, 6) is 1.00. The Morgan fingerprint density at radius 3 is 2.55 bits per heavy atom. The van der Waals surface area contributed by atoms with Crippen LogP contribution in [0.5, 0.6) is 11.5 Å². The average molecular weight is 434 g/mol. The van der Waals surface area contributed by atoms with Gasteiger partial charge in [0.2, 0.25) is 0 Å². The van der Waals surface area contributed by atoms with E-state index in [1.54, 1.807) is 35.2 Å². The number of methoxy groups -OCH3 is 1. The number of carbonyl (C=O) groups is 2. The van der Waals surface area contributed by atoms with Crippen molar-refractivity contribution in [2.24, 2.45) is 0 Å². The van der Waals surface area contributed by atoms with Gasteiger partial charge < -0.3 is 14.4 Å². The topological polar surface area (TPSA) is 55.8 Å². The number of fused-ring (bicyclic) bond motifs is 1. The second-order valence-electron chi connectivity index (χ2n) is 7.62. The molecule has 5 nitrogen and oxygen atoms in total. The number of piperidine rings is 1. The van der Waals surface area contributed by atoms with Crippen LogP contribution in [0.2, 0.25) is 10.0 Å². The zero-order valence-corrected chi connectivity index (χ0v) is 17.8. The second kappa shape index (κ2) is 7.54. The first-order valence-electron chi connectivity index (χ1n) is 9.47. The number of aryl methyl sites for hydroxylation is 1. The van der Waals surface area contributed by atoms with Crippen LogP contribution in [0.4, 0.5) is 0 Å². The first-order valence-corrected chi connectivity index (χ1v) is 10.2. The van der Waals surface area contributed by atoms with Gasteiger partial charge >= 0.3 is 0 Å². The summed E-state index contributed by atoms with van der Waals surface area (Å²) in [5, 5.41) is 1.01. The molecule has 0 radical (unpaired) electrons. The van der Waals surface area contributed by atoms with Gasteiger partial charge in [0.05, 0.1) is 24.7 Å². The van der Waals surface area contributed by atoms with Crippen molar-refractivity contribution in [3.05, 3.63) is 57.1 Å². The molecule has 1 fully saturated rings. The van der Waals surface area contributed by atoms with E-state index in [4.69, 9.17) is 32.7 Å². The third-order valence-electron chi connectivity index (χ3n) is 5.69. The van der Waals surface area contributed by atoms with Crippen molar-refractivity contribution < 1.29 is 19.1 Å². The fourth-order valence-corrected chi connectivity index (χ4v) is 4.57. The zero-order valence-electron chi connectivity index (χ0n) is 16.3. The fourth-order valence-electron chi connectivity index (χ4n) is 4.13. The third-order valence-corrected chi connectivity index (χ3v) is 6.15. The standard InChI is InChI=1S/C22H21Cl2NO4/c1-13-9-15(24)11-16-18(26)12-22(29-20(13)16)5-7-25(8-6-22)21(27)17-10-14(23)3-4-19(17)28-2/h3-4,9-11H,5-8,12H2,1-2H3. The molecular formula is C22H21Cl2NO4. The van der Waals surface area contributed by atoms with Crippen molar-refractivity contribution in [2.45, 2.75) is 31.8 Å².